The largest absolute Gasteiger partial charge is 0.454 e. The lowest BCUT2D eigenvalue weighted by Gasteiger charge is -2.28. The van der Waals surface area contributed by atoms with Crippen molar-refractivity contribution in [3.63, 3.8) is 0 Å². The van der Waals surface area contributed by atoms with Crippen LogP contribution in [0.1, 0.15) is 16.7 Å². The van der Waals surface area contributed by atoms with Crippen LogP contribution in [-0.2, 0) is 19.5 Å². The molecule has 0 fully saturated rings. The van der Waals surface area contributed by atoms with Gasteiger partial charge >= 0.3 is 6.61 Å². The Bertz CT molecular complexity index is 939. The first-order chi connectivity index (χ1) is 15.1. The number of ether oxygens (including phenoxy) is 3. The van der Waals surface area contributed by atoms with Crippen molar-refractivity contribution in [2.24, 2.45) is 4.99 Å². The number of guanidine groups is 1. The SMILES string of the molecule is CN=C(NCCN1CCc2ccccc2C1)NCc1cc2c(cc1OC(F)F)OCO2. The summed E-state index contributed by atoms with van der Waals surface area (Å²) < 4.78 is 40.8. The van der Waals surface area contributed by atoms with Gasteiger partial charge in [-0.1, -0.05) is 24.3 Å². The second kappa shape index (κ2) is 9.82. The molecule has 166 valence electrons. The number of nitrogens with zero attached hydrogens (tertiary/aromatic N) is 2. The maximum atomic E-state index is 12.8. The van der Waals surface area contributed by atoms with Gasteiger partial charge in [0, 0.05) is 51.4 Å². The van der Waals surface area contributed by atoms with Gasteiger partial charge in [0.1, 0.15) is 5.75 Å². The average molecular weight is 432 g/mol. The molecule has 2 aliphatic rings. The van der Waals surface area contributed by atoms with E-state index in [0.717, 1.165) is 26.1 Å². The summed E-state index contributed by atoms with van der Waals surface area (Å²) in [6, 6.07) is 11.6. The van der Waals surface area contributed by atoms with Crippen molar-refractivity contribution in [2.45, 2.75) is 26.1 Å². The van der Waals surface area contributed by atoms with Crippen LogP contribution in [0.2, 0.25) is 0 Å². The third kappa shape index (κ3) is 5.35. The number of benzene rings is 2. The van der Waals surface area contributed by atoms with E-state index in [1.165, 1.54) is 17.2 Å². The van der Waals surface area contributed by atoms with Crippen molar-refractivity contribution >= 4 is 5.96 Å². The second-order valence-electron chi connectivity index (χ2n) is 7.34. The van der Waals surface area contributed by atoms with Crippen molar-refractivity contribution in [3.8, 4) is 17.2 Å². The smallest absolute Gasteiger partial charge is 0.387 e. The van der Waals surface area contributed by atoms with Gasteiger partial charge in [-0.25, -0.2) is 0 Å². The number of alkyl halides is 2. The van der Waals surface area contributed by atoms with Crippen molar-refractivity contribution in [1.29, 1.82) is 0 Å². The fraction of sp³-hybridized carbons (Fsp3) is 0.409. The highest BCUT2D eigenvalue weighted by Gasteiger charge is 2.20. The van der Waals surface area contributed by atoms with E-state index in [1.54, 1.807) is 13.1 Å². The number of hydrogen-bond acceptors (Lipinski definition) is 5. The summed E-state index contributed by atoms with van der Waals surface area (Å²) in [6.45, 7) is 0.930. The van der Waals surface area contributed by atoms with E-state index in [-0.39, 0.29) is 19.1 Å². The number of aliphatic imine (C=N–C) groups is 1. The molecule has 4 rings (SSSR count). The Morgan fingerprint density at radius 1 is 1.16 bits per heavy atom. The molecule has 0 aromatic heterocycles. The summed E-state index contributed by atoms with van der Waals surface area (Å²) in [5.41, 5.74) is 3.33. The number of halogens is 2. The highest BCUT2D eigenvalue weighted by Crippen LogP contribution is 2.38. The number of nitrogens with one attached hydrogen (secondary N) is 2. The predicted octanol–water partition coefficient (Wildman–Crippen LogP) is 2.74. The predicted molar refractivity (Wildman–Crippen MR) is 113 cm³/mol. The van der Waals surface area contributed by atoms with Crippen LogP contribution >= 0.6 is 0 Å². The summed E-state index contributed by atoms with van der Waals surface area (Å²) in [5.74, 6) is 1.53. The van der Waals surface area contributed by atoms with Crippen LogP contribution in [0.5, 0.6) is 17.2 Å². The van der Waals surface area contributed by atoms with Gasteiger partial charge in [0.2, 0.25) is 6.79 Å². The second-order valence-corrected chi connectivity index (χ2v) is 7.34. The molecule has 0 unspecified atom stereocenters. The van der Waals surface area contributed by atoms with E-state index in [9.17, 15) is 8.78 Å². The Balaban J connectivity index is 1.29. The zero-order chi connectivity index (χ0) is 21.6. The average Bonchev–Trinajstić information content (AvgIpc) is 3.22. The monoisotopic (exact) mass is 432 g/mol. The van der Waals surface area contributed by atoms with E-state index < -0.39 is 6.61 Å². The Labute approximate surface area is 180 Å². The molecular weight excluding hydrogens is 406 g/mol. The van der Waals surface area contributed by atoms with Gasteiger partial charge in [0.15, 0.2) is 17.5 Å². The van der Waals surface area contributed by atoms with E-state index >= 15 is 0 Å². The van der Waals surface area contributed by atoms with Crippen LogP contribution in [0.25, 0.3) is 0 Å². The molecule has 2 heterocycles. The Morgan fingerprint density at radius 3 is 2.71 bits per heavy atom. The molecule has 2 N–H and O–H groups in total. The lowest BCUT2D eigenvalue weighted by molar-refractivity contribution is -0.0505. The van der Waals surface area contributed by atoms with E-state index in [1.807, 2.05) is 0 Å². The van der Waals surface area contributed by atoms with Gasteiger partial charge in [-0.2, -0.15) is 8.78 Å². The molecule has 9 heteroatoms. The van der Waals surface area contributed by atoms with Crippen molar-refractivity contribution < 1.29 is 23.0 Å². The topological polar surface area (TPSA) is 67.4 Å². The van der Waals surface area contributed by atoms with Gasteiger partial charge in [0.05, 0.1) is 0 Å². The first-order valence-electron chi connectivity index (χ1n) is 10.2. The standard InChI is InChI=1S/C22H26F2N4O3/c1-25-22(26-7-9-28-8-6-15-4-2-3-5-16(15)13-28)27-12-17-10-19-20(30-14-29-19)11-18(17)31-21(23)24/h2-5,10-11,21H,6-9,12-14H2,1H3,(H2,25,26,27). The number of rotatable bonds is 7. The minimum absolute atomic E-state index is 0.0502. The normalized spacial score (nSPS) is 15.7. The first kappa shape index (κ1) is 21.2. The highest BCUT2D eigenvalue weighted by atomic mass is 19.3. The fourth-order valence-electron chi connectivity index (χ4n) is 3.79. The Hall–Kier alpha value is -3.07. The summed E-state index contributed by atoms with van der Waals surface area (Å²) >= 11 is 0. The van der Waals surface area contributed by atoms with Crippen LogP contribution in [0.15, 0.2) is 41.4 Å². The molecule has 0 aliphatic carbocycles. The van der Waals surface area contributed by atoms with Crippen molar-refractivity contribution in [3.05, 3.63) is 53.1 Å². The van der Waals surface area contributed by atoms with Crippen LogP contribution in [0.3, 0.4) is 0 Å². The lowest BCUT2D eigenvalue weighted by atomic mass is 10.00. The molecular formula is C22H26F2N4O3. The van der Waals surface area contributed by atoms with Crippen LogP contribution < -0.4 is 24.8 Å². The molecule has 2 aliphatic heterocycles. The minimum atomic E-state index is -2.92. The Kier molecular flexibility index (Phi) is 6.71. The van der Waals surface area contributed by atoms with Crippen LogP contribution in [0, 0.1) is 0 Å². The number of fused-ring (bicyclic) bond motifs is 2. The highest BCUT2D eigenvalue weighted by molar-refractivity contribution is 5.79. The van der Waals surface area contributed by atoms with E-state index in [4.69, 9.17) is 9.47 Å². The van der Waals surface area contributed by atoms with Crippen molar-refractivity contribution in [2.75, 3.05) is 33.5 Å². The molecule has 0 bridgehead atoms. The molecule has 7 nitrogen and oxygen atoms in total. The molecule has 0 atom stereocenters. The fourth-order valence-corrected chi connectivity index (χ4v) is 3.79. The van der Waals surface area contributed by atoms with Crippen molar-refractivity contribution in [1.82, 2.24) is 15.5 Å². The molecule has 2 aromatic rings. The number of hydrogen-bond donors (Lipinski definition) is 2. The first-order valence-corrected chi connectivity index (χ1v) is 10.2. The maximum absolute atomic E-state index is 12.8. The van der Waals surface area contributed by atoms with E-state index in [2.05, 4.69) is 49.5 Å². The third-order valence-corrected chi connectivity index (χ3v) is 5.37. The molecule has 31 heavy (non-hydrogen) atoms. The summed E-state index contributed by atoms with van der Waals surface area (Å²) in [5, 5.41) is 6.42. The summed E-state index contributed by atoms with van der Waals surface area (Å²) in [6.07, 6.45) is 1.06. The van der Waals surface area contributed by atoms with Gasteiger partial charge in [-0.3, -0.25) is 9.89 Å². The molecule has 0 radical (unpaired) electrons. The molecule has 0 saturated carbocycles. The minimum Gasteiger partial charge on any atom is -0.454 e. The quantitative estimate of drug-likeness (QED) is 0.518. The molecule has 0 amide bonds. The van der Waals surface area contributed by atoms with Gasteiger partial charge in [-0.15, -0.1) is 0 Å². The van der Waals surface area contributed by atoms with Gasteiger partial charge < -0.3 is 24.8 Å². The molecule has 0 spiro atoms. The van der Waals surface area contributed by atoms with Gasteiger partial charge in [-0.05, 0) is 23.6 Å². The summed E-state index contributed by atoms with van der Waals surface area (Å²) in [7, 11) is 1.67. The molecule has 0 saturated heterocycles. The third-order valence-electron chi connectivity index (χ3n) is 5.37. The maximum Gasteiger partial charge on any atom is 0.387 e. The molecule has 2 aromatic carbocycles. The zero-order valence-corrected chi connectivity index (χ0v) is 17.4. The lowest BCUT2D eigenvalue weighted by Crippen LogP contribution is -2.42. The summed E-state index contributed by atoms with van der Waals surface area (Å²) in [4.78, 5) is 6.61. The Morgan fingerprint density at radius 2 is 1.94 bits per heavy atom. The van der Waals surface area contributed by atoms with Crippen LogP contribution in [0.4, 0.5) is 8.78 Å². The zero-order valence-electron chi connectivity index (χ0n) is 17.4. The van der Waals surface area contributed by atoms with Crippen LogP contribution in [-0.4, -0.2) is 50.9 Å². The van der Waals surface area contributed by atoms with Gasteiger partial charge in [0.25, 0.3) is 0 Å². The van der Waals surface area contributed by atoms with E-state index in [0.29, 0.717) is 29.6 Å².